The molecule has 0 aromatic heterocycles. The number of hydrogen-bond acceptors (Lipinski definition) is 3. The second kappa shape index (κ2) is 7.83. The molecule has 0 saturated heterocycles. The van der Waals surface area contributed by atoms with Gasteiger partial charge in [0.2, 0.25) is 5.91 Å². The first-order valence-corrected chi connectivity index (χ1v) is 6.82. The standard InChI is InChI=1S/C17H17N3O/c18-12-15-7-4-8-16(11-15)20-17(21)9-10-19-13-14-5-2-1-3-6-14/h1-8,11,19H,9-10,13H2,(H,20,21). The minimum Gasteiger partial charge on any atom is -0.326 e. The molecule has 0 aliphatic heterocycles. The van der Waals surface area contributed by atoms with E-state index in [4.69, 9.17) is 5.26 Å². The van der Waals surface area contributed by atoms with Crippen molar-refractivity contribution in [1.82, 2.24) is 5.32 Å². The van der Waals surface area contributed by atoms with E-state index >= 15 is 0 Å². The molecule has 0 radical (unpaired) electrons. The van der Waals surface area contributed by atoms with E-state index in [2.05, 4.69) is 10.6 Å². The van der Waals surface area contributed by atoms with Crippen molar-refractivity contribution in [3.8, 4) is 6.07 Å². The Morgan fingerprint density at radius 1 is 1.10 bits per heavy atom. The van der Waals surface area contributed by atoms with Crippen LogP contribution in [0, 0.1) is 11.3 Å². The van der Waals surface area contributed by atoms with Crippen LogP contribution >= 0.6 is 0 Å². The van der Waals surface area contributed by atoms with Gasteiger partial charge in [-0.05, 0) is 23.8 Å². The third kappa shape index (κ3) is 5.09. The van der Waals surface area contributed by atoms with E-state index in [9.17, 15) is 4.79 Å². The topological polar surface area (TPSA) is 64.9 Å². The Labute approximate surface area is 124 Å². The molecule has 0 atom stereocenters. The minimum atomic E-state index is -0.0642. The molecule has 0 heterocycles. The Hall–Kier alpha value is -2.64. The van der Waals surface area contributed by atoms with Gasteiger partial charge in [0.05, 0.1) is 11.6 Å². The molecule has 2 rings (SSSR count). The largest absolute Gasteiger partial charge is 0.326 e. The predicted molar refractivity (Wildman–Crippen MR) is 82.6 cm³/mol. The molecule has 0 unspecified atom stereocenters. The van der Waals surface area contributed by atoms with Gasteiger partial charge in [0, 0.05) is 25.2 Å². The van der Waals surface area contributed by atoms with Crippen molar-refractivity contribution >= 4 is 11.6 Å². The number of carbonyl (C=O) groups excluding carboxylic acids is 1. The number of nitrogens with zero attached hydrogens (tertiary/aromatic N) is 1. The van der Waals surface area contributed by atoms with Crippen molar-refractivity contribution in [3.05, 3.63) is 65.7 Å². The highest BCUT2D eigenvalue weighted by atomic mass is 16.1. The molecule has 0 aliphatic rings. The molecule has 1 amide bonds. The summed E-state index contributed by atoms with van der Waals surface area (Å²) in [5.41, 5.74) is 2.39. The van der Waals surface area contributed by atoms with Crippen molar-refractivity contribution in [3.63, 3.8) is 0 Å². The van der Waals surface area contributed by atoms with Crippen LogP contribution < -0.4 is 10.6 Å². The minimum absolute atomic E-state index is 0.0642. The highest BCUT2D eigenvalue weighted by Crippen LogP contribution is 2.09. The van der Waals surface area contributed by atoms with Crippen molar-refractivity contribution < 1.29 is 4.79 Å². The fourth-order valence-electron chi connectivity index (χ4n) is 1.92. The van der Waals surface area contributed by atoms with Crippen molar-refractivity contribution in [2.45, 2.75) is 13.0 Å². The Morgan fingerprint density at radius 2 is 1.90 bits per heavy atom. The lowest BCUT2D eigenvalue weighted by atomic mass is 10.2. The normalized spacial score (nSPS) is 9.86. The van der Waals surface area contributed by atoms with Gasteiger partial charge in [0.25, 0.3) is 0 Å². The number of carbonyl (C=O) groups is 1. The van der Waals surface area contributed by atoms with Crippen molar-refractivity contribution in [2.75, 3.05) is 11.9 Å². The van der Waals surface area contributed by atoms with E-state index < -0.39 is 0 Å². The van der Waals surface area contributed by atoms with E-state index in [0.29, 0.717) is 24.2 Å². The summed E-state index contributed by atoms with van der Waals surface area (Å²) >= 11 is 0. The van der Waals surface area contributed by atoms with Crippen LogP contribution in [0.2, 0.25) is 0 Å². The SMILES string of the molecule is N#Cc1cccc(NC(=O)CCNCc2ccccc2)c1. The molecule has 2 aromatic carbocycles. The van der Waals surface area contributed by atoms with Crippen LogP contribution in [-0.2, 0) is 11.3 Å². The summed E-state index contributed by atoms with van der Waals surface area (Å²) in [4.78, 5) is 11.8. The Balaban J connectivity index is 1.71. The quantitative estimate of drug-likeness (QED) is 0.799. The molecule has 4 nitrogen and oxygen atoms in total. The summed E-state index contributed by atoms with van der Waals surface area (Å²) in [6.45, 7) is 1.36. The van der Waals surface area contributed by atoms with E-state index in [1.807, 2.05) is 36.4 Å². The van der Waals surface area contributed by atoms with Crippen LogP contribution in [0.3, 0.4) is 0 Å². The fraction of sp³-hybridized carbons (Fsp3) is 0.176. The number of rotatable bonds is 6. The van der Waals surface area contributed by atoms with Crippen molar-refractivity contribution in [1.29, 1.82) is 5.26 Å². The van der Waals surface area contributed by atoms with Gasteiger partial charge in [-0.25, -0.2) is 0 Å². The second-order valence-electron chi connectivity index (χ2n) is 4.65. The maximum absolute atomic E-state index is 11.8. The molecule has 0 bridgehead atoms. The van der Waals surface area contributed by atoms with Crippen LogP contribution in [0.1, 0.15) is 17.5 Å². The number of anilines is 1. The van der Waals surface area contributed by atoms with Gasteiger partial charge in [-0.1, -0.05) is 36.4 Å². The molecule has 0 fully saturated rings. The van der Waals surface area contributed by atoms with Gasteiger partial charge in [-0.3, -0.25) is 4.79 Å². The molecule has 2 aromatic rings. The Kier molecular flexibility index (Phi) is 5.50. The molecule has 106 valence electrons. The summed E-state index contributed by atoms with van der Waals surface area (Å²) in [5.74, 6) is -0.0642. The van der Waals surface area contributed by atoms with E-state index in [0.717, 1.165) is 6.54 Å². The monoisotopic (exact) mass is 279 g/mol. The first kappa shape index (κ1) is 14.8. The summed E-state index contributed by atoms with van der Waals surface area (Å²) in [5, 5.41) is 14.8. The number of benzene rings is 2. The van der Waals surface area contributed by atoms with Gasteiger partial charge in [-0.2, -0.15) is 5.26 Å². The lowest BCUT2D eigenvalue weighted by molar-refractivity contribution is -0.116. The van der Waals surface area contributed by atoms with Crippen LogP contribution in [0.15, 0.2) is 54.6 Å². The predicted octanol–water partition coefficient (Wildman–Crippen LogP) is 2.68. The summed E-state index contributed by atoms with van der Waals surface area (Å²) in [6, 6.07) is 19.0. The fourth-order valence-corrected chi connectivity index (χ4v) is 1.92. The zero-order valence-electron chi connectivity index (χ0n) is 11.7. The van der Waals surface area contributed by atoms with Crippen LogP contribution in [-0.4, -0.2) is 12.5 Å². The maximum Gasteiger partial charge on any atom is 0.225 e. The molecule has 0 saturated carbocycles. The van der Waals surface area contributed by atoms with E-state index in [1.165, 1.54) is 5.56 Å². The first-order valence-electron chi connectivity index (χ1n) is 6.82. The molecule has 0 aliphatic carbocycles. The highest BCUT2D eigenvalue weighted by Gasteiger charge is 2.02. The number of nitrogens with one attached hydrogen (secondary N) is 2. The molecule has 2 N–H and O–H groups in total. The average Bonchev–Trinajstić information content (AvgIpc) is 2.53. The Bertz CT molecular complexity index is 632. The van der Waals surface area contributed by atoms with Gasteiger partial charge in [0.15, 0.2) is 0 Å². The average molecular weight is 279 g/mol. The number of amides is 1. The van der Waals surface area contributed by atoms with Crippen LogP contribution in [0.5, 0.6) is 0 Å². The third-order valence-electron chi connectivity index (χ3n) is 2.98. The molecular weight excluding hydrogens is 262 g/mol. The number of nitriles is 1. The summed E-state index contributed by atoms with van der Waals surface area (Å²) < 4.78 is 0. The Morgan fingerprint density at radius 3 is 2.67 bits per heavy atom. The van der Waals surface area contributed by atoms with Crippen molar-refractivity contribution in [2.24, 2.45) is 0 Å². The van der Waals surface area contributed by atoms with Crippen LogP contribution in [0.25, 0.3) is 0 Å². The second-order valence-corrected chi connectivity index (χ2v) is 4.65. The molecule has 4 heteroatoms. The van der Waals surface area contributed by atoms with Crippen LogP contribution in [0.4, 0.5) is 5.69 Å². The lowest BCUT2D eigenvalue weighted by Gasteiger charge is -2.07. The summed E-state index contributed by atoms with van der Waals surface area (Å²) in [6.07, 6.45) is 0.392. The zero-order chi connectivity index (χ0) is 14.9. The molecule has 21 heavy (non-hydrogen) atoms. The zero-order valence-corrected chi connectivity index (χ0v) is 11.7. The van der Waals surface area contributed by atoms with Gasteiger partial charge in [-0.15, -0.1) is 0 Å². The lowest BCUT2D eigenvalue weighted by Crippen LogP contribution is -2.21. The first-order chi connectivity index (χ1) is 10.3. The maximum atomic E-state index is 11.8. The number of hydrogen-bond donors (Lipinski definition) is 2. The summed E-state index contributed by atoms with van der Waals surface area (Å²) in [7, 11) is 0. The smallest absolute Gasteiger partial charge is 0.225 e. The third-order valence-corrected chi connectivity index (χ3v) is 2.98. The van der Waals surface area contributed by atoms with Gasteiger partial charge < -0.3 is 10.6 Å². The molecular formula is C17H17N3O. The van der Waals surface area contributed by atoms with E-state index in [1.54, 1.807) is 24.3 Å². The molecule has 0 spiro atoms. The highest BCUT2D eigenvalue weighted by molar-refractivity contribution is 5.90. The van der Waals surface area contributed by atoms with E-state index in [-0.39, 0.29) is 5.91 Å². The van der Waals surface area contributed by atoms with Gasteiger partial charge in [0.1, 0.15) is 0 Å². The van der Waals surface area contributed by atoms with Gasteiger partial charge >= 0.3 is 0 Å².